The molecule has 21 heavy (non-hydrogen) atoms. The van der Waals surface area contributed by atoms with Crippen LogP contribution in [0.25, 0.3) is 0 Å². The SMILES string of the molecule is CCC(CNC(=O)NCCC(=O)O)Oc1cccc(F)c1. The van der Waals surface area contributed by atoms with E-state index in [2.05, 4.69) is 10.6 Å². The van der Waals surface area contributed by atoms with Crippen LogP contribution in [0.4, 0.5) is 9.18 Å². The summed E-state index contributed by atoms with van der Waals surface area (Å²) < 4.78 is 18.6. The third kappa shape index (κ3) is 7.14. The van der Waals surface area contributed by atoms with E-state index in [-0.39, 0.29) is 31.4 Å². The zero-order chi connectivity index (χ0) is 15.7. The van der Waals surface area contributed by atoms with Gasteiger partial charge < -0.3 is 20.5 Å². The number of aliphatic carboxylic acids is 1. The lowest BCUT2D eigenvalue weighted by molar-refractivity contribution is -0.136. The molecule has 1 aromatic rings. The lowest BCUT2D eigenvalue weighted by atomic mass is 10.2. The monoisotopic (exact) mass is 298 g/mol. The summed E-state index contributed by atoms with van der Waals surface area (Å²) in [5.74, 6) is -0.965. The Hall–Kier alpha value is -2.31. The molecule has 0 aliphatic rings. The van der Waals surface area contributed by atoms with Crippen LogP contribution in [-0.4, -0.2) is 36.3 Å². The second kappa shape index (κ2) is 8.78. The van der Waals surface area contributed by atoms with Gasteiger partial charge in [0.25, 0.3) is 0 Å². The molecule has 0 aliphatic heterocycles. The van der Waals surface area contributed by atoms with Crippen LogP contribution in [0.1, 0.15) is 19.8 Å². The van der Waals surface area contributed by atoms with E-state index in [1.807, 2.05) is 6.92 Å². The van der Waals surface area contributed by atoms with Crippen LogP contribution in [-0.2, 0) is 4.79 Å². The van der Waals surface area contributed by atoms with Gasteiger partial charge in [0, 0.05) is 12.6 Å². The van der Waals surface area contributed by atoms with Crippen molar-refractivity contribution >= 4 is 12.0 Å². The minimum atomic E-state index is -0.976. The lowest BCUT2D eigenvalue weighted by Crippen LogP contribution is -2.41. The topological polar surface area (TPSA) is 87.7 Å². The Kier molecular flexibility index (Phi) is 7.00. The van der Waals surface area contributed by atoms with E-state index < -0.39 is 12.0 Å². The number of carboxylic acids is 1. The molecule has 7 heteroatoms. The number of carboxylic acid groups (broad SMARTS) is 1. The van der Waals surface area contributed by atoms with Gasteiger partial charge in [-0.3, -0.25) is 4.79 Å². The van der Waals surface area contributed by atoms with Gasteiger partial charge in [-0.2, -0.15) is 0 Å². The average Bonchev–Trinajstić information content (AvgIpc) is 2.43. The minimum absolute atomic E-state index is 0.0582. The molecule has 6 nitrogen and oxygen atoms in total. The largest absolute Gasteiger partial charge is 0.489 e. The van der Waals surface area contributed by atoms with Crippen molar-refractivity contribution in [3.05, 3.63) is 30.1 Å². The Morgan fingerprint density at radius 2 is 2.14 bits per heavy atom. The highest BCUT2D eigenvalue weighted by molar-refractivity contribution is 5.74. The van der Waals surface area contributed by atoms with E-state index in [9.17, 15) is 14.0 Å². The van der Waals surface area contributed by atoms with Gasteiger partial charge in [0.05, 0.1) is 13.0 Å². The van der Waals surface area contributed by atoms with Crippen molar-refractivity contribution in [2.75, 3.05) is 13.1 Å². The molecule has 0 fully saturated rings. The van der Waals surface area contributed by atoms with E-state index in [1.54, 1.807) is 12.1 Å². The number of carbonyl (C=O) groups is 2. The summed E-state index contributed by atoms with van der Waals surface area (Å²) in [4.78, 5) is 21.7. The number of urea groups is 1. The number of amides is 2. The first-order valence-corrected chi connectivity index (χ1v) is 6.67. The first-order valence-electron chi connectivity index (χ1n) is 6.67. The Morgan fingerprint density at radius 1 is 1.38 bits per heavy atom. The summed E-state index contributed by atoms with van der Waals surface area (Å²) >= 11 is 0. The highest BCUT2D eigenvalue weighted by atomic mass is 19.1. The molecular weight excluding hydrogens is 279 g/mol. The zero-order valence-electron chi connectivity index (χ0n) is 11.8. The van der Waals surface area contributed by atoms with E-state index in [0.717, 1.165) is 0 Å². The second-order valence-corrected chi connectivity index (χ2v) is 4.39. The number of hydrogen-bond acceptors (Lipinski definition) is 3. The van der Waals surface area contributed by atoms with Crippen molar-refractivity contribution in [3.8, 4) is 5.75 Å². The summed E-state index contributed by atoms with van der Waals surface area (Å²) in [6, 6.07) is 5.32. The molecule has 0 heterocycles. The summed E-state index contributed by atoms with van der Waals surface area (Å²) in [6.45, 7) is 2.18. The Morgan fingerprint density at radius 3 is 2.76 bits per heavy atom. The van der Waals surface area contributed by atoms with E-state index in [1.165, 1.54) is 12.1 Å². The summed E-state index contributed by atoms with van der Waals surface area (Å²) in [6.07, 6.45) is 0.202. The van der Waals surface area contributed by atoms with E-state index >= 15 is 0 Å². The average molecular weight is 298 g/mol. The molecular formula is C14H19FN2O4. The van der Waals surface area contributed by atoms with Crippen molar-refractivity contribution < 1.29 is 23.8 Å². The Balaban J connectivity index is 2.33. The Labute approximate surface area is 122 Å². The minimum Gasteiger partial charge on any atom is -0.489 e. The predicted octanol–water partition coefficient (Wildman–Crippen LogP) is 1.76. The van der Waals surface area contributed by atoms with Gasteiger partial charge in [-0.15, -0.1) is 0 Å². The number of halogens is 1. The highest BCUT2D eigenvalue weighted by Crippen LogP contribution is 2.14. The first kappa shape index (κ1) is 16.7. The molecule has 116 valence electrons. The molecule has 0 saturated heterocycles. The molecule has 0 spiro atoms. The fourth-order valence-electron chi connectivity index (χ4n) is 1.55. The van der Waals surface area contributed by atoms with E-state index in [4.69, 9.17) is 9.84 Å². The number of ether oxygens (including phenoxy) is 1. The quantitative estimate of drug-likeness (QED) is 0.682. The van der Waals surface area contributed by atoms with Gasteiger partial charge in [0.2, 0.25) is 0 Å². The Bertz CT molecular complexity index is 482. The van der Waals surface area contributed by atoms with Crippen molar-refractivity contribution in [1.29, 1.82) is 0 Å². The fraction of sp³-hybridized carbons (Fsp3) is 0.429. The van der Waals surface area contributed by atoms with Crippen LogP contribution in [0.2, 0.25) is 0 Å². The third-order valence-corrected chi connectivity index (χ3v) is 2.67. The van der Waals surface area contributed by atoms with Crippen LogP contribution < -0.4 is 15.4 Å². The molecule has 0 aromatic heterocycles. The van der Waals surface area contributed by atoms with Crippen LogP contribution in [0.15, 0.2) is 24.3 Å². The first-order chi connectivity index (χ1) is 10.0. The summed E-state index contributed by atoms with van der Waals surface area (Å²) in [7, 11) is 0. The van der Waals surface area contributed by atoms with Gasteiger partial charge in [-0.05, 0) is 18.6 Å². The maximum atomic E-state index is 13.0. The van der Waals surface area contributed by atoms with Gasteiger partial charge in [-0.1, -0.05) is 13.0 Å². The van der Waals surface area contributed by atoms with Gasteiger partial charge in [-0.25, -0.2) is 9.18 Å². The number of carbonyl (C=O) groups excluding carboxylic acids is 1. The molecule has 1 atom stereocenters. The highest BCUT2D eigenvalue weighted by Gasteiger charge is 2.10. The molecule has 1 rings (SSSR count). The fourth-order valence-corrected chi connectivity index (χ4v) is 1.55. The van der Waals surface area contributed by atoms with Crippen LogP contribution in [0.3, 0.4) is 0 Å². The van der Waals surface area contributed by atoms with Crippen LogP contribution in [0.5, 0.6) is 5.75 Å². The van der Waals surface area contributed by atoms with Crippen molar-refractivity contribution in [1.82, 2.24) is 10.6 Å². The van der Waals surface area contributed by atoms with Gasteiger partial charge in [0.15, 0.2) is 0 Å². The number of nitrogens with one attached hydrogen (secondary N) is 2. The summed E-state index contributed by atoms with van der Waals surface area (Å²) in [5.41, 5.74) is 0. The van der Waals surface area contributed by atoms with Crippen LogP contribution >= 0.6 is 0 Å². The molecule has 0 aliphatic carbocycles. The predicted molar refractivity (Wildman–Crippen MR) is 74.8 cm³/mol. The molecule has 1 unspecified atom stereocenters. The number of benzene rings is 1. The number of rotatable bonds is 8. The standard InChI is InChI=1S/C14H19FN2O4/c1-2-11(21-12-5-3-4-10(15)8-12)9-17-14(20)16-7-6-13(18)19/h3-5,8,11H,2,6-7,9H2,1H3,(H,18,19)(H2,16,17,20). The van der Waals surface area contributed by atoms with Gasteiger partial charge in [0.1, 0.15) is 17.7 Å². The molecule has 3 N–H and O–H groups in total. The molecule has 0 saturated carbocycles. The van der Waals surface area contributed by atoms with E-state index in [0.29, 0.717) is 12.2 Å². The van der Waals surface area contributed by atoms with Crippen molar-refractivity contribution in [2.24, 2.45) is 0 Å². The maximum Gasteiger partial charge on any atom is 0.314 e. The zero-order valence-corrected chi connectivity index (χ0v) is 11.8. The van der Waals surface area contributed by atoms with Crippen molar-refractivity contribution in [3.63, 3.8) is 0 Å². The third-order valence-electron chi connectivity index (χ3n) is 2.67. The van der Waals surface area contributed by atoms with Crippen molar-refractivity contribution in [2.45, 2.75) is 25.9 Å². The molecule has 1 aromatic carbocycles. The van der Waals surface area contributed by atoms with Gasteiger partial charge >= 0.3 is 12.0 Å². The molecule has 2 amide bonds. The molecule has 0 radical (unpaired) electrons. The number of hydrogen-bond donors (Lipinski definition) is 3. The smallest absolute Gasteiger partial charge is 0.314 e. The second-order valence-electron chi connectivity index (χ2n) is 4.39. The normalized spacial score (nSPS) is 11.5. The maximum absolute atomic E-state index is 13.0. The van der Waals surface area contributed by atoms with Crippen LogP contribution in [0, 0.1) is 5.82 Å². The summed E-state index contributed by atoms with van der Waals surface area (Å²) in [5, 5.41) is 13.4. The lowest BCUT2D eigenvalue weighted by Gasteiger charge is -2.18. The molecule has 0 bridgehead atoms.